The number of nitrogens with one attached hydrogen (secondary N) is 1. The minimum atomic E-state index is -4.08. The van der Waals surface area contributed by atoms with E-state index in [1.807, 2.05) is 0 Å². The summed E-state index contributed by atoms with van der Waals surface area (Å²) in [7, 11) is -4.08. The highest BCUT2D eigenvalue weighted by Gasteiger charge is 2.26. The van der Waals surface area contributed by atoms with Crippen molar-refractivity contribution >= 4 is 10.0 Å². The molecule has 1 aromatic rings. The van der Waals surface area contributed by atoms with Crippen molar-refractivity contribution in [3.05, 3.63) is 29.8 Å². The van der Waals surface area contributed by atoms with E-state index in [1.165, 1.54) is 0 Å². The molecule has 7 heteroatoms. The second-order valence-corrected chi connectivity index (χ2v) is 6.77. The zero-order valence-electron chi connectivity index (χ0n) is 10.9. The predicted molar refractivity (Wildman–Crippen MR) is 69.5 cm³/mol. The number of benzene rings is 1. The van der Waals surface area contributed by atoms with Crippen LogP contribution >= 0.6 is 0 Å². The molecular formula is C13H17F2NO3S. The summed E-state index contributed by atoms with van der Waals surface area (Å²) in [5.74, 6) is -1.91. The van der Waals surface area contributed by atoms with E-state index in [-0.39, 0.29) is 12.5 Å². The maximum atomic E-state index is 13.4. The Kier molecular flexibility index (Phi) is 4.72. The molecule has 1 saturated carbocycles. The SMILES string of the molecule is O=S(=O)(NCC(O)C1CCCC1)c1ccc(F)cc1F. The molecule has 1 aliphatic carbocycles. The fourth-order valence-electron chi connectivity index (χ4n) is 2.47. The molecule has 1 atom stereocenters. The van der Waals surface area contributed by atoms with Crippen LogP contribution in [0.5, 0.6) is 0 Å². The summed E-state index contributed by atoms with van der Waals surface area (Å²) in [4.78, 5) is -0.613. The lowest BCUT2D eigenvalue weighted by Crippen LogP contribution is -2.35. The zero-order chi connectivity index (χ0) is 14.8. The second kappa shape index (κ2) is 6.15. The Balaban J connectivity index is 2.03. The van der Waals surface area contributed by atoms with E-state index in [1.54, 1.807) is 0 Å². The third-order valence-electron chi connectivity index (χ3n) is 3.61. The molecule has 2 rings (SSSR count). The lowest BCUT2D eigenvalue weighted by Gasteiger charge is -2.18. The monoisotopic (exact) mass is 305 g/mol. The molecule has 112 valence electrons. The van der Waals surface area contributed by atoms with Crippen LogP contribution in [0.1, 0.15) is 25.7 Å². The third-order valence-corrected chi connectivity index (χ3v) is 5.07. The fraction of sp³-hybridized carbons (Fsp3) is 0.538. The Morgan fingerprint density at radius 2 is 1.95 bits per heavy atom. The van der Waals surface area contributed by atoms with Gasteiger partial charge in [-0.05, 0) is 30.9 Å². The van der Waals surface area contributed by atoms with E-state index in [9.17, 15) is 22.3 Å². The predicted octanol–water partition coefficient (Wildman–Crippen LogP) is 1.79. The van der Waals surface area contributed by atoms with Crippen LogP contribution in [0.2, 0.25) is 0 Å². The van der Waals surface area contributed by atoms with Gasteiger partial charge in [0, 0.05) is 12.6 Å². The second-order valence-electron chi connectivity index (χ2n) is 5.04. The highest BCUT2D eigenvalue weighted by molar-refractivity contribution is 7.89. The van der Waals surface area contributed by atoms with Crippen LogP contribution < -0.4 is 4.72 Å². The molecule has 1 aliphatic rings. The van der Waals surface area contributed by atoms with Gasteiger partial charge < -0.3 is 5.11 Å². The van der Waals surface area contributed by atoms with E-state index in [0.29, 0.717) is 6.07 Å². The maximum Gasteiger partial charge on any atom is 0.243 e. The molecule has 1 aromatic carbocycles. The Hall–Kier alpha value is -1.05. The van der Waals surface area contributed by atoms with E-state index in [0.717, 1.165) is 37.8 Å². The maximum absolute atomic E-state index is 13.4. The van der Waals surface area contributed by atoms with Gasteiger partial charge in [-0.25, -0.2) is 21.9 Å². The quantitative estimate of drug-likeness (QED) is 0.871. The van der Waals surface area contributed by atoms with Gasteiger partial charge in [-0.15, -0.1) is 0 Å². The van der Waals surface area contributed by atoms with E-state index < -0.39 is 32.7 Å². The first kappa shape index (κ1) is 15.3. The van der Waals surface area contributed by atoms with E-state index >= 15 is 0 Å². The van der Waals surface area contributed by atoms with Crippen molar-refractivity contribution < 1.29 is 22.3 Å². The van der Waals surface area contributed by atoms with Gasteiger partial charge in [0.15, 0.2) is 0 Å². The third kappa shape index (κ3) is 3.53. The lowest BCUT2D eigenvalue weighted by atomic mass is 10.0. The van der Waals surface area contributed by atoms with Crippen LogP contribution in [0.4, 0.5) is 8.78 Å². The topological polar surface area (TPSA) is 66.4 Å². The molecule has 2 N–H and O–H groups in total. The first-order valence-corrected chi connectivity index (χ1v) is 8.01. The molecule has 20 heavy (non-hydrogen) atoms. The fourth-order valence-corrected chi connectivity index (χ4v) is 3.58. The van der Waals surface area contributed by atoms with Gasteiger partial charge in [-0.2, -0.15) is 0 Å². The van der Waals surface area contributed by atoms with Crippen molar-refractivity contribution in [3.63, 3.8) is 0 Å². The summed E-state index contributed by atoms with van der Waals surface area (Å²) in [5.41, 5.74) is 0. The smallest absolute Gasteiger partial charge is 0.243 e. The van der Waals surface area contributed by atoms with E-state index in [2.05, 4.69) is 4.72 Å². The van der Waals surface area contributed by atoms with Crippen molar-refractivity contribution in [1.29, 1.82) is 0 Å². The number of halogens is 2. The molecule has 0 saturated heterocycles. The van der Waals surface area contributed by atoms with Gasteiger partial charge in [0.25, 0.3) is 0 Å². The average Bonchev–Trinajstić information content (AvgIpc) is 2.89. The Labute approximate surface area is 116 Å². The van der Waals surface area contributed by atoms with Crippen molar-refractivity contribution in [2.45, 2.75) is 36.7 Å². The highest BCUT2D eigenvalue weighted by Crippen LogP contribution is 2.27. The summed E-state index contributed by atoms with van der Waals surface area (Å²) in [5, 5.41) is 9.89. The summed E-state index contributed by atoms with van der Waals surface area (Å²) in [6, 6.07) is 2.27. The van der Waals surface area contributed by atoms with Crippen molar-refractivity contribution in [1.82, 2.24) is 4.72 Å². The first-order chi connectivity index (χ1) is 9.40. The lowest BCUT2D eigenvalue weighted by molar-refractivity contribution is 0.115. The molecule has 4 nitrogen and oxygen atoms in total. The number of aliphatic hydroxyl groups excluding tert-OH is 1. The summed E-state index contributed by atoms with van der Waals surface area (Å²) < 4.78 is 52.2. The molecule has 0 spiro atoms. The number of sulfonamides is 1. The minimum absolute atomic E-state index is 0.0794. The molecule has 0 aliphatic heterocycles. The van der Waals surface area contributed by atoms with Gasteiger partial charge in [0.1, 0.15) is 16.5 Å². The Morgan fingerprint density at radius 3 is 2.55 bits per heavy atom. The molecule has 1 unspecified atom stereocenters. The van der Waals surface area contributed by atoms with Crippen molar-refractivity contribution in [3.8, 4) is 0 Å². The normalized spacial score (nSPS) is 18.4. The van der Waals surface area contributed by atoms with Crippen LogP contribution in [-0.4, -0.2) is 26.2 Å². The van der Waals surface area contributed by atoms with Gasteiger partial charge in [0.2, 0.25) is 10.0 Å². The van der Waals surface area contributed by atoms with Gasteiger partial charge in [-0.3, -0.25) is 0 Å². The van der Waals surface area contributed by atoms with Crippen LogP contribution in [0, 0.1) is 17.6 Å². The van der Waals surface area contributed by atoms with Crippen LogP contribution in [0.25, 0.3) is 0 Å². The Morgan fingerprint density at radius 1 is 1.30 bits per heavy atom. The summed E-state index contributed by atoms with van der Waals surface area (Å²) in [6.45, 7) is -0.163. The summed E-state index contributed by atoms with van der Waals surface area (Å²) in [6.07, 6.45) is 3.01. The van der Waals surface area contributed by atoms with Crippen molar-refractivity contribution in [2.75, 3.05) is 6.54 Å². The number of aliphatic hydroxyl groups is 1. The minimum Gasteiger partial charge on any atom is -0.391 e. The molecular weight excluding hydrogens is 288 g/mol. The average molecular weight is 305 g/mol. The first-order valence-electron chi connectivity index (χ1n) is 6.53. The largest absolute Gasteiger partial charge is 0.391 e. The number of hydrogen-bond donors (Lipinski definition) is 2. The summed E-state index contributed by atoms with van der Waals surface area (Å²) >= 11 is 0. The van der Waals surface area contributed by atoms with E-state index in [4.69, 9.17) is 0 Å². The van der Waals surface area contributed by atoms with Gasteiger partial charge in [-0.1, -0.05) is 12.8 Å². The van der Waals surface area contributed by atoms with Crippen LogP contribution in [-0.2, 0) is 10.0 Å². The molecule has 0 amide bonds. The molecule has 0 heterocycles. The van der Waals surface area contributed by atoms with Crippen LogP contribution in [0.3, 0.4) is 0 Å². The molecule has 1 fully saturated rings. The number of rotatable bonds is 5. The van der Waals surface area contributed by atoms with Crippen molar-refractivity contribution in [2.24, 2.45) is 5.92 Å². The van der Waals surface area contributed by atoms with Gasteiger partial charge >= 0.3 is 0 Å². The number of hydrogen-bond acceptors (Lipinski definition) is 3. The zero-order valence-corrected chi connectivity index (χ0v) is 11.7. The standard InChI is InChI=1S/C13H17F2NO3S/c14-10-5-6-13(11(15)7-10)20(18,19)16-8-12(17)9-3-1-2-4-9/h5-7,9,12,16-17H,1-4,8H2. The molecule has 0 bridgehead atoms. The molecule has 0 aromatic heterocycles. The molecule has 0 radical (unpaired) electrons. The highest BCUT2D eigenvalue weighted by atomic mass is 32.2. The van der Waals surface area contributed by atoms with Gasteiger partial charge in [0.05, 0.1) is 6.10 Å². The Bertz CT molecular complexity index is 571. The van der Waals surface area contributed by atoms with Crippen LogP contribution in [0.15, 0.2) is 23.1 Å².